The van der Waals surface area contributed by atoms with Gasteiger partial charge >= 0.3 is 0 Å². The van der Waals surface area contributed by atoms with Crippen LogP contribution in [0.2, 0.25) is 0 Å². The first-order valence-corrected chi connectivity index (χ1v) is 6.09. The van der Waals surface area contributed by atoms with Crippen molar-refractivity contribution in [3.8, 4) is 11.8 Å². The lowest BCUT2D eigenvalue weighted by atomic mass is 10.1. The average Bonchev–Trinajstić information content (AvgIpc) is 2.45. The van der Waals surface area contributed by atoms with Crippen LogP contribution in [-0.4, -0.2) is 13.0 Å². The van der Waals surface area contributed by atoms with Crippen LogP contribution in [0.4, 0.5) is 5.69 Å². The van der Waals surface area contributed by atoms with E-state index >= 15 is 0 Å². The summed E-state index contributed by atoms with van der Waals surface area (Å²) in [6.07, 6.45) is 0. The Bertz CT molecular complexity index is 635. The number of hydrogen-bond donors (Lipinski definition) is 0. The zero-order chi connectivity index (χ0) is 13.7. The summed E-state index contributed by atoms with van der Waals surface area (Å²) in [5.41, 5.74) is 2.64. The van der Waals surface area contributed by atoms with E-state index in [1.165, 1.54) is 0 Å². The number of anilines is 1. The first-order valence-electron chi connectivity index (χ1n) is 6.09. The molecule has 0 saturated carbocycles. The van der Waals surface area contributed by atoms with Crippen LogP contribution in [-0.2, 0) is 4.79 Å². The highest BCUT2D eigenvalue weighted by Gasteiger charge is 2.08. The summed E-state index contributed by atoms with van der Waals surface area (Å²) in [5.74, 6) is 6.22. The van der Waals surface area contributed by atoms with Gasteiger partial charge in [0.1, 0.15) is 0 Å². The maximum Gasteiger partial charge on any atom is 0.223 e. The second kappa shape index (κ2) is 5.88. The summed E-state index contributed by atoms with van der Waals surface area (Å²) < 4.78 is 0. The minimum Gasteiger partial charge on any atom is -0.315 e. The molecule has 0 radical (unpaired) electrons. The first-order chi connectivity index (χ1) is 9.18. The molecule has 2 aromatic rings. The van der Waals surface area contributed by atoms with Crippen molar-refractivity contribution in [3.63, 3.8) is 0 Å². The fourth-order valence-corrected chi connectivity index (χ4v) is 1.70. The molecule has 0 aliphatic heterocycles. The maximum absolute atomic E-state index is 11.4. The molecule has 0 bridgehead atoms. The van der Waals surface area contributed by atoms with Crippen LogP contribution in [0.3, 0.4) is 0 Å². The number of carbonyl (C=O) groups excluding carboxylic acids is 1. The molecule has 0 N–H and O–H groups in total. The van der Waals surface area contributed by atoms with E-state index in [0.717, 1.165) is 16.8 Å². The molecular formula is C17H15NO. The third kappa shape index (κ3) is 3.23. The van der Waals surface area contributed by atoms with Crippen LogP contribution in [0.5, 0.6) is 0 Å². The zero-order valence-electron chi connectivity index (χ0n) is 11.1. The Balaban J connectivity index is 2.37. The molecule has 1 amide bonds. The molecule has 2 nitrogen and oxygen atoms in total. The molecule has 0 heterocycles. The van der Waals surface area contributed by atoms with Gasteiger partial charge in [0.25, 0.3) is 0 Å². The van der Waals surface area contributed by atoms with Gasteiger partial charge in [-0.25, -0.2) is 0 Å². The Morgan fingerprint density at radius 2 is 1.58 bits per heavy atom. The molecule has 2 rings (SSSR count). The van der Waals surface area contributed by atoms with Crippen LogP contribution in [0.1, 0.15) is 18.1 Å². The van der Waals surface area contributed by atoms with E-state index in [2.05, 4.69) is 11.8 Å². The summed E-state index contributed by atoms with van der Waals surface area (Å²) in [5, 5.41) is 0. The Morgan fingerprint density at radius 1 is 0.947 bits per heavy atom. The Kier molecular flexibility index (Phi) is 4.00. The van der Waals surface area contributed by atoms with Crippen molar-refractivity contribution in [2.45, 2.75) is 6.92 Å². The lowest BCUT2D eigenvalue weighted by molar-refractivity contribution is -0.116. The lowest BCUT2D eigenvalue weighted by Crippen LogP contribution is -2.23. The molecule has 19 heavy (non-hydrogen) atoms. The smallest absolute Gasteiger partial charge is 0.223 e. The van der Waals surface area contributed by atoms with E-state index in [0.29, 0.717) is 0 Å². The van der Waals surface area contributed by atoms with Gasteiger partial charge in [0.15, 0.2) is 0 Å². The van der Waals surface area contributed by atoms with Crippen LogP contribution >= 0.6 is 0 Å². The second-order valence-electron chi connectivity index (χ2n) is 4.21. The van der Waals surface area contributed by atoms with Crippen LogP contribution in [0.15, 0.2) is 54.6 Å². The number of rotatable bonds is 1. The molecule has 0 unspecified atom stereocenters. The third-order valence-corrected chi connectivity index (χ3v) is 2.85. The molecular weight excluding hydrogens is 234 g/mol. The standard InChI is InChI=1S/C17H15NO/c1-14(19)18(2)17-11-7-6-10-16(17)13-12-15-8-4-3-5-9-15/h3-11H,1-2H3. The third-order valence-electron chi connectivity index (χ3n) is 2.85. The minimum absolute atomic E-state index is 0.00559. The van der Waals surface area contributed by atoms with E-state index in [9.17, 15) is 4.79 Å². The Hall–Kier alpha value is -2.53. The van der Waals surface area contributed by atoms with Crippen molar-refractivity contribution in [2.75, 3.05) is 11.9 Å². The molecule has 2 heteroatoms. The van der Waals surface area contributed by atoms with E-state index in [4.69, 9.17) is 0 Å². The predicted molar refractivity (Wildman–Crippen MR) is 77.9 cm³/mol. The van der Waals surface area contributed by atoms with Crippen LogP contribution < -0.4 is 4.90 Å². The van der Waals surface area contributed by atoms with E-state index in [1.54, 1.807) is 18.9 Å². The highest BCUT2D eigenvalue weighted by atomic mass is 16.2. The van der Waals surface area contributed by atoms with Gasteiger partial charge < -0.3 is 4.90 Å². The molecule has 0 spiro atoms. The van der Waals surface area contributed by atoms with Gasteiger partial charge in [-0.1, -0.05) is 42.2 Å². The predicted octanol–water partition coefficient (Wildman–Crippen LogP) is 3.07. The van der Waals surface area contributed by atoms with Gasteiger partial charge in [-0.3, -0.25) is 4.79 Å². The number of carbonyl (C=O) groups is 1. The van der Waals surface area contributed by atoms with Gasteiger partial charge in [0.2, 0.25) is 5.91 Å². The normalized spacial score (nSPS) is 9.37. The topological polar surface area (TPSA) is 20.3 Å². The van der Waals surface area contributed by atoms with Gasteiger partial charge in [-0.05, 0) is 24.3 Å². The molecule has 0 aliphatic carbocycles. The second-order valence-corrected chi connectivity index (χ2v) is 4.21. The molecule has 0 saturated heterocycles. The number of para-hydroxylation sites is 1. The number of benzene rings is 2. The first kappa shape index (κ1) is 12.9. The number of nitrogens with zero attached hydrogens (tertiary/aromatic N) is 1. The van der Waals surface area contributed by atoms with Crippen molar-refractivity contribution >= 4 is 11.6 Å². The monoisotopic (exact) mass is 249 g/mol. The molecule has 0 atom stereocenters. The summed E-state index contributed by atoms with van der Waals surface area (Å²) in [6.45, 7) is 1.54. The van der Waals surface area contributed by atoms with Crippen molar-refractivity contribution in [2.24, 2.45) is 0 Å². The highest BCUT2D eigenvalue weighted by molar-refractivity contribution is 5.92. The average molecular weight is 249 g/mol. The number of amides is 1. The Morgan fingerprint density at radius 3 is 2.26 bits per heavy atom. The van der Waals surface area contributed by atoms with Crippen molar-refractivity contribution in [1.82, 2.24) is 0 Å². The van der Waals surface area contributed by atoms with Crippen LogP contribution in [0.25, 0.3) is 0 Å². The summed E-state index contributed by atoms with van der Waals surface area (Å²) in [7, 11) is 1.76. The fourth-order valence-electron chi connectivity index (χ4n) is 1.70. The fraction of sp³-hybridized carbons (Fsp3) is 0.118. The quantitative estimate of drug-likeness (QED) is 0.711. The molecule has 0 fully saturated rings. The van der Waals surface area contributed by atoms with E-state index in [1.807, 2.05) is 54.6 Å². The molecule has 0 aliphatic rings. The zero-order valence-corrected chi connectivity index (χ0v) is 11.1. The maximum atomic E-state index is 11.4. The Labute approximate surface area is 113 Å². The SMILES string of the molecule is CC(=O)N(C)c1ccccc1C#Cc1ccccc1. The van der Waals surface area contributed by atoms with Gasteiger partial charge in [-0.2, -0.15) is 0 Å². The van der Waals surface area contributed by atoms with Gasteiger partial charge in [-0.15, -0.1) is 0 Å². The van der Waals surface area contributed by atoms with Crippen molar-refractivity contribution in [3.05, 3.63) is 65.7 Å². The molecule has 94 valence electrons. The van der Waals surface area contributed by atoms with Gasteiger partial charge in [0.05, 0.1) is 5.69 Å². The lowest BCUT2D eigenvalue weighted by Gasteiger charge is -2.16. The summed E-state index contributed by atoms with van der Waals surface area (Å²) >= 11 is 0. The van der Waals surface area contributed by atoms with Crippen LogP contribution in [0, 0.1) is 11.8 Å². The largest absolute Gasteiger partial charge is 0.315 e. The van der Waals surface area contributed by atoms with Gasteiger partial charge in [0, 0.05) is 25.1 Å². The number of hydrogen-bond acceptors (Lipinski definition) is 1. The molecule has 0 aromatic heterocycles. The summed E-state index contributed by atoms with van der Waals surface area (Å²) in [6, 6.07) is 17.4. The van der Waals surface area contributed by atoms with E-state index < -0.39 is 0 Å². The van der Waals surface area contributed by atoms with E-state index in [-0.39, 0.29) is 5.91 Å². The highest BCUT2D eigenvalue weighted by Crippen LogP contribution is 2.18. The summed E-state index contributed by atoms with van der Waals surface area (Å²) in [4.78, 5) is 13.1. The van der Waals surface area contributed by atoms with Crippen molar-refractivity contribution in [1.29, 1.82) is 0 Å². The minimum atomic E-state index is -0.00559. The van der Waals surface area contributed by atoms with Crippen molar-refractivity contribution < 1.29 is 4.79 Å². The molecule has 2 aromatic carbocycles.